The van der Waals surface area contributed by atoms with Crippen molar-refractivity contribution in [2.45, 2.75) is 6.92 Å². The van der Waals surface area contributed by atoms with Gasteiger partial charge in [-0.25, -0.2) is 4.99 Å². The summed E-state index contributed by atoms with van der Waals surface area (Å²) in [7, 11) is 3.33. The number of rotatable bonds is 2. The number of aliphatic imine (C=N–C) groups is 1. The Balaban J connectivity index is 2.05. The number of nitrogens with one attached hydrogen (secondary N) is 2. The fraction of sp³-hybridized carbons (Fsp3) is 0.333. The molecule has 1 aromatic rings. The molecule has 0 aromatic heterocycles. The standard InChI is InChI=1S/C18H23N7O2S/c1-11(19)22-16(28)15(21)25-9-8-24(10-14(25)20)18(27)13-6-4-12(5-7-13)17(26)23(2)3/h4-7,20-21H,8-10H2,1-3H3,(H2,19,22,28). The largest absolute Gasteiger partial charge is 0.387 e. The Hall–Kier alpha value is -3.14. The van der Waals surface area contributed by atoms with Crippen LogP contribution < -0.4 is 5.73 Å². The molecule has 1 aliphatic heterocycles. The summed E-state index contributed by atoms with van der Waals surface area (Å²) in [5.74, 6) is -0.136. The SMILES string of the molecule is CC(N)=NC(=S)C(=N)N1CCN(C(=O)c2ccc(C(=O)N(C)C)cc2)CC1=N. The van der Waals surface area contributed by atoms with Crippen LogP contribution in [-0.4, -0.2) is 82.7 Å². The molecule has 0 bridgehead atoms. The molecule has 0 saturated carbocycles. The van der Waals surface area contributed by atoms with E-state index < -0.39 is 0 Å². The van der Waals surface area contributed by atoms with Crippen LogP contribution in [-0.2, 0) is 0 Å². The molecule has 1 heterocycles. The Kier molecular flexibility index (Phi) is 6.57. The first-order valence-electron chi connectivity index (χ1n) is 8.51. The number of piperazine rings is 1. The van der Waals surface area contributed by atoms with E-state index in [0.717, 1.165) is 0 Å². The van der Waals surface area contributed by atoms with Crippen LogP contribution in [0.4, 0.5) is 0 Å². The first kappa shape index (κ1) is 21.2. The molecular weight excluding hydrogens is 378 g/mol. The van der Waals surface area contributed by atoms with E-state index in [2.05, 4.69) is 4.99 Å². The Bertz CT molecular complexity index is 857. The number of amidine groups is 3. The average Bonchev–Trinajstić information content (AvgIpc) is 2.65. The van der Waals surface area contributed by atoms with E-state index in [-0.39, 0.29) is 47.4 Å². The molecule has 1 aromatic carbocycles. The number of hydrogen-bond acceptors (Lipinski definition) is 5. The van der Waals surface area contributed by atoms with E-state index in [9.17, 15) is 9.59 Å². The van der Waals surface area contributed by atoms with Gasteiger partial charge in [0.2, 0.25) is 0 Å². The van der Waals surface area contributed by atoms with E-state index in [1.165, 1.54) is 14.7 Å². The Morgan fingerprint density at radius 3 is 2.25 bits per heavy atom. The molecule has 0 aliphatic carbocycles. The summed E-state index contributed by atoms with van der Waals surface area (Å²) >= 11 is 5.05. The topological polar surface area (TPSA) is 130 Å². The minimum atomic E-state index is -0.238. The van der Waals surface area contributed by atoms with Crippen LogP contribution in [0.1, 0.15) is 27.6 Å². The third-order valence-electron chi connectivity index (χ3n) is 4.08. The van der Waals surface area contributed by atoms with Crippen LogP contribution in [0.5, 0.6) is 0 Å². The van der Waals surface area contributed by atoms with Gasteiger partial charge in [0.25, 0.3) is 11.8 Å². The number of thiocarbonyl (C=S) groups is 1. The van der Waals surface area contributed by atoms with Gasteiger partial charge >= 0.3 is 0 Å². The number of nitrogens with two attached hydrogens (primary N) is 1. The van der Waals surface area contributed by atoms with Crippen LogP contribution in [0.2, 0.25) is 0 Å². The second-order valence-electron chi connectivity index (χ2n) is 6.51. The van der Waals surface area contributed by atoms with Gasteiger partial charge in [-0.1, -0.05) is 12.2 Å². The number of hydrogen-bond donors (Lipinski definition) is 3. The summed E-state index contributed by atoms with van der Waals surface area (Å²) < 4.78 is 0. The van der Waals surface area contributed by atoms with E-state index in [1.807, 2.05) is 0 Å². The highest BCUT2D eigenvalue weighted by molar-refractivity contribution is 7.82. The maximum atomic E-state index is 12.7. The zero-order valence-electron chi connectivity index (χ0n) is 16.0. The molecule has 4 N–H and O–H groups in total. The zero-order chi connectivity index (χ0) is 21.0. The molecule has 0 radical (unpaired) electrons. The molecule has 148 valence electrons. The van der Waals surface area contributed by atoms with Gasteiger partial charge in [0.1, 0.15) is 5.84 Å². The second kappa shape index (κ2) is 8.70. The summed E-state index contributed by atoms with van der Waals surface area (Å²) in [6.45, 7) is 2.21. The third-order valence-corrected chi connectivity index (χ3v) is 4.37. The number of nitrogens with zero attached hydrogens (tertiary/aromatic N) is 4. The molecule has 0 atom stereocenters. The number of carbonyl (C=O) groups is 2. The molecule has 28 heavy (non-hydrogen) atoms. The van der Waals surface area contributed by atoms with Crippen LogP contribution >= 0.6 is 12.2 Å². The molecule has 0 unspecified atom stereocenters. The van der Waals surface area contributed by atoms with Crippen molar-refractivity contribution in [3.05, 3.63) is 35.4 Å². The van der Waals surface area contributed by atoms with Crippen molar-refractivity contribution >= 4 is 46.5 Å². The van der Waals surface area contributed by atoms with E-state index in [1.54, 1.807) is 45.3 Å². The summed E-state index contributed by atoms with van der Waals surface area (Å²) in [5, 5.41) is 16.3. The average molecular weight is 401 g/mol. The summed E-state index contributed by atoms with van der Waals surface area (Å²) in [5.41, 5.74) is 6.42. The lowest BCUT2D eigenvalue weighted by molar-refractivity contribution is 0.0756. The highest BCUT2D eigenvalue weighted by atomic mass is 32.1. The lowest BCUT2D eigenvalue weighted by Gasteiger charge is -2.36. The normalized spacial score (nSPS) is 14.7. The van der Waals surface area contributed by atoms with Crippen molar-refractivity contribution in [2.75, 3.05) is 33.7 Å². The van der Waals surface area contributed by atoms with Gasteiger partial charge in [-0.05, 0) is 31.2 Å². The van der Waals surface area contributed by atoms with Crippen LogP contribution in [0.15, 0.2) is 29.3 Å². The van der Waals surface area contributed by atoms with Crippen LogP contribution in [0.25, 0.3) is 0 Å². The highest BCUT2D eigenvalue weighted by Gasteiger charge is 2.29. The third kappa shape index (κ3) is 4.77. The maximum Gasteiger partial charge on any atom is 0.254 e. The minimum Gasteiger partial charge on any atom is -0.387 e. The van der Waals surface area contributed by atoms with Gasteiger partial charge in [-0.3, -0.25) is 20.4 Å². The van der Waals surface area contributed by atoms with Gasteiger partial charge in [0.15, 0.2) is 10.8 Å². The minimum absolute atomic E-state index is 0.00525. The molecule has 1 aliphatic rings. The first-order valence-corrected chi connectivity index (χ1v) is 8.92. The van der Waals surface area contributed by atoms with E-state index in [4.69, 9.17) is 28.8 Å². The van der Waals surface area contributed by atoms with Gasteiger partial charge < -0.3 is 20.4 Å². The zero-order valence-corrected chi connectivity index (χ0v) is 16.8. The lowest BCUT2D eigenvalue weighted by Crippen LogP contribution is -2.54. The van der Waals surface area contributed by atoms with Crippen molar-refractivity contribution in [3.8, 4) is 0 Å². The molecule has 1 saturated heterocycles. The van der Waals surface area contributed by atoms with Crippen LogP contribution in [0, 0.1) is 10.8 Å². The van der Waals surface area contributed by atoms with Crippen molar-refractivity contribution < 1.29 is 9.59 Å². The lowest BCUT2D eigenvalue weighted by atomic mass is 10.1. The first-order chi connectivity index (χ1) is 13.1. The van der Waals surface area contributed by atoms with Crippen molar-refractivity contribution in [1.82, 2.24) is 14.7 Å². The molecule has 0 spiro atoms. The fourth-order valence-electron chi connectivity index (χ4n) is 2.65. The van der Waals surface area contributed by atoms with Crippen molar-refractivity contribution in [1.29, 1.82) is 10.8 Å². The highest BCUT2D eigenvalue weighted by Crippen LogP contribution is 2.13. The Morgan fingerprint density at radius 2 is 1.75 bits per heavy atom. The number of carbonyl (C=O) groups excluding carboxylic acids is 2. The number of amides is 2. The molecule has 2 amide bonds. The summed E-state index contributed by atoms with van der Waals surface area (Å²) in [4.78, 5) is 32.9. The summed E-state index contributed by atoms with van der Waals surface area (Å²) in [6, 6.07) is 6.42. The Labute approximate surface area is 168 Å². The quantitative estimate of drug-likeness (QED) is 0.383. The predicted molar refractivity (Wildman–Crippen MR) is 112 cm³/mol. The molecule has 1 fully saturated rings. The second-order valence-corrected chi connectivity index (χ2v) is 6.90. The summed E-state index contributed by atoms with van der Waals surface area (Å²) in [6.07, 6.45) is 0. The van der Waals surface area contributed by atoms with Gasteiger partial charge in [-0.15, -0.1) is 0 Å². The number of benzene rings is 1. The Morgan fingerprint density at radius 1 is 1.18 bits per heavy atom. The van der Waals surface area contributed by atoms with Crippen molar-refractivity contribution in [3.63, 3.8) is 0 Å². The van der Waals surface area contributed by atoms with Gasteiger partial charge in [-0.2, -0.15) is 0 Å². The van der Waals surface area contributed by atoms with Crippen LogP contribution in [0.3, 0.4) is 0 Å². The monoisotopic (exact) mass is 401 g/mol. The van der Waals surface area contributed by atoms with E-state index >= 15 is 0 Å². The molecule has 2 rings (SSSR count). The molecule has 10 heteroatoms. The van der Waals surface area contributed by atoms with Gasteiger partial charge in [0, 0.05) is 38.3 Å². The van der Waals surface area contributed by atoms with Crippen molar-refractivity contribution in [2.24, 2.45) is 10.7 Å². The smallest absolute Gasteiger partial charge is 0.254 e. The van der Waals surface area contributed by atoms with E-state index in [0.29, 0.717) is 17.7 Å². The predicted octanol–water partition coefficient (Wildman–Crippen LogP) is 0.805. The maximum absolute atomic E-state index is 12.7. The molecular formula is C18H23N7O2S. The molecule has 9 nitrogen and oxygen atoms in total. The van der Waals surface area contributed by atoms with Gasteiger partial charge in [0.05, 0.1) is 12.4 Å². The fourth-order valence-corrected chi connectivity index (χ4v) is 2.90.